The van der Waals surface area contributed by atoms with E-state index >= 15 is 0 Å². The Kier molecular flexibility index (Phi) is 2.72. The van der Waals surface area contributed by atoms with Crippen molar-refractivity contribution in [2.75, 3.05) is 7.05 Å². The molecule has 0 atom stereocenters. The summed E-state index contributed by atoms with van der Waals surface area (Å²) in [7, 11) is 1.97. The van der Waals surface area contributed by atoms with Gasteiger partial charge in [0.1, 0.15) is 5.76 Å². The lowest BCUT2D eigenvalue weighted by atomic mass is 10.4. The Hall–Kier alpha value is -1.03. The topological polar surface area (TPSA) is 28.4 Å². The van der Waals surface area contributed by atoms with E-state index in [0.717, 1.165) is 17.4 Å². The van der Waals surface area contributed by atoms with Gasteiger partial charge in [0.25, 0.3) is 0 Å². The summed E-state index contributed by atoms with van der Waals surface area (Å²) in [5.74, 6) is 0.937. The lowest BCUT2D eigenvalue weighted by Crippen LogP contribution is -2.37. The number of nitrogens with one attached hydrogen (secondary N) is 1. The fourth-order valence-corrected chi connectivity index (χ4v) is 1.45. The summed E-state index contributed by atoms with van der Waals surface area (Å²) in [6.07, 6.45) is 4.17. The highest BCUT2D eigenvalue weighted by Crippen LogP contribution is 2.19. The van der Waals surface area contributed by atoms with Crippen molar-refractivity contribution in [3.05, 3.63) is 24.2 Å². The van der Waals surface area contributed by atoms with Gasteiger partial charge in [0, 0.05) is 13.1 Å². The predicted molar refractivity (Wildman–Crippen MR) is 58.9 cm³/mol. The van der Waals surface area contributed by atoms with E-state index < -0.39 is 0 Å². The highest BCUT2D eigenvalue weighted by Gasteiger charge is 2.22. The first kappa shape index (κ1) is 9.52. The van der Waals surface area contributed by atoms with E-state index in [2.05, 4.69) is 5.32 Å². The van der Waals surface area contributed by atoms with Gasteiger partial charge in [-0.1, -0.05) is 0 Å². The van der Waals surface area contributed by atoms with Gasteiger partial charge in [-0.25, -0.2) is 0 Å². The number of furan rings is 1. The molecule has 1 aliphatic rings. The van der Waals surface area contributed by atoms with Crippen LogP contribution in [-0.2, 0) is 6.54 Å². The van der Waals surface area contributed by atoms with Crippen LogP contribution in [0.1, 0.15) is 18.6 Å². The Bertz CT molecular complexity index is 306. The second-order valence-electron chi connectivity index (χ2n) is 3.66. The molecule has 0 radical (unpaired) electrons. The normalized spacial score (nSPS) is 15.2. The van der Waals surface area contributed by atoms with Crippen LogP contribution in [0.3, 0.4) is 0 Å². The maximum Gasteiger partial charge on any atom is 0.169 e. The summed E-state index contributed by atoms with van der Waals surface area (Å²) in [4.78, 5) is 1.99. The zero-order chi connectivity index (χ0) is 9.97. The second-order valence-corrected chi connectivity index (χ2v) is 4.05. The van der Waals surface area contributed by atoms with Crippen LogP contribution in [0.15, 0.2) is 22.8 Å². The first-order valence-electron chi connectivity index (χ1n) is 4.80. The van der Waals surface area contributed by atoms with Crippen LogP contribution < -0.4 is 5.32 Å². The molecule has 0 saturated heterocycles. The fraction of sp³-hybridized carbons (Fsp3) is 0.500. The van der Waals surface area contributed by atoms with E-state index in [1.807, 2.05) is 24.1 Å². The monoisotopic (exact) mass is 210 g/mol. The summed E-state index contributed by atoms with van der Waals surface area (Å²) in [6, 6.07) is 4.46. The van der Waals surface area contributed by atoms with E-state index in [-0.39, 0.29) is 0 Å². The molecule has 1 aromatic heterocycles. The molecule has 0 amide bonds. The molecule has 1 heterocycles. The molecule has 0 spiro atoms. The summed E-state index contributed by atoms with van der Waals surface area (Å²) >= 11 is 5.24. The largest absolute Gasteiger partial charge is 0.467 e. The predicted octanol–water partition coefficient (Wildman–Crippen LogP) is 1.75. The average Bonchev–Trinajstić information content (AvgIpc) is 2.81. The van der Waals surface area contributed by atoms with Crippen molar-refractivity contribution in [1.29, 1.82) is 0 Å². The van der Waals surface area contributed by atoms with Crippen molar-refractivity contribution in [3.8, 4) is 0 Å². The minimum absolute atomic E-state index is 0.613. The number of rotatable bonds is 3. The molecule has 1 saturated carbocycles. The maximum atomic E-state index is 5.25. The van der Waals surface area contributed by atoms with Crippen LogP contribution in [0.5, 0.6) is 0 Å². The summed E-state index contributed by atoms with van der Waals surface area (Å²) in [6.45, 7) is 0.728. The number of thiocarbonyl (C=S) groups is 1. The van der Waals surface area contributed by atoms with Crippen LogP contribution >= 0.6 is 12.2 Å². The third-order valence-electron chi connectivity index (χ3n) is 2.22. The van der Waals surface area contributed by atoms with Crippen molar-refractivity contribution < 1.29 is 4.42 Å². The van der Waals surface area contributed by atoms with E-state index in [1.165, 1.54) is 12.8 Å². The minimum Gasteiger partial charge on any atom is -0.467 e. The molecule has 0 aromatic carbocycles. The van der Waals surface area contributed by atoms with Crippen LogP contribution in [0.25, 0.3) is 0 Å². The Morgan fingerprint density at radius 1 is 1.71 bits per heavy atom. The van der Waals surface area contributed by atoms with Crippen molar-refractivity contribution in [1.82, 2.24) is 10.2 Å². The minimum atomic E-state index is 0.613. The van der Waals surface area contributed by atoms with Gasteiger partial charge in [-0.3, -0.25) is 0 Å². The molecule has 0 bridgehead atoms. The smallest absolute Gasteiger partial charge is 0.169 e. The Morgan fingerprint density at radius 2 is 2.50 bits per heavy atom. The maximum absolute atomic E-state index is 5.25. The van der Waals surface area contributed by atoms with E-state index in [0.29, 0.717) is 6.04 Å². The molecular formula is C10H14N2OS. The zero-order valence-corrected chi connectivity index (χ0v) is 9.01. The van der Waals surface area contributed by atoms with Gasteiger partial charge in [0.15, 0.2) is 5.11 Å². The molecule has 1 N–H and O–H groups in total. The molecule has 1 fully saturated rings. The third kappa shape index (κ3) is 2.48. The Labute approximate surface area is 89.1 Å². The van der Waals surface area contributed by atoms with E-state index in [4.69, 9.17) is 16.6 Å². The SMILES string of the molecule is CN(Cc1ccco1)C(=S)NC1CC1. The van der Waals surface area contributed by atoms with Gasteiger partial charge in [0.05, 0.1) is 12.8 Å². The first-order valence-corrected chi connectivity index (χ1v) is 5.20. The van der Waals surface area contributed by atoms with Crippen LogP contribution in [0.2, 0.25) is 0 Å². The number of hydrogen-bond acceptors (Lipinski definition) is 2. The highest BCUT2D eigenvalue weighted by atomic mass is 32.1. The van der Waals surface area contributed by atoms with Crippen molar-refractivity contribution in [2.24, 2.45) is 0 Å². The molecule has 1 aliphatic carbocycles. The summed E-state index contributed by atoms with van der Waals surface area (Å²) in [5, 5.41) is 4.09. The quantitative estimate of drug-likeness (QED) is 0.769. The van der Waals surface area contributed by atoms with Crippen molar-refractivity contribution in [2.45, 2.75) is 25.4 Å². The third-order valence-corrected chi connectivity index (χ3v) is 2.65. The van der Waals surface area contributed by atoms with Crippen LogP contribution in [-0.4, -0.2) is 23.1 Å². The summed E-state index contributed by atoms with van der Waals surface area (Å²) in [5.41, 5.74) is 0. The Morgan fingerprint density at radius 3 is 3.07 bits per heavy atom. The molecule has 0 unspecified atom stereocenters. The lowest BCUT2D eigenvalue weighted by molar-refractivity contribution is 0.406. The Balaban J connectivity index is 1.81. The van der Waals surface area contributed by atoms with E-state index in [1.54, 1.807) is 6.26 Å². The van der Waals surface area contributed by atoms with Gasteiger partial charge in [-0.2, -0.15) is 0 Å². The van der Waals surface area contributed by atoms with Gasteiger partial charge < -0.3 is 14.6 Å². The molecule has 1 aromatic rings. The zero-order valence-electron chi connectivity index (χ0n) is 8.19. The van der Waals surface area contributed by atoms with Gasteiger partial charge in [-0.15, -0.1) is 0 Å². The highest BCUT2D eigenvalue weighted by molar-refractivity contribution is 7.80. The molecule has 14 heavy (non-hydrogen) atoms. The molecule has 76 valence electrons. The molecule has 4 heteroatoms. The van der Waals surface area contributed by atoms with Crippen molar-refractivity contribution >= 4 is 17.3 Å². The number of hydrogen-bond donors (Lipinski definition) is 1. The van der Waals surface area contributed by atoms with Gasteiger partial charge in [0.2, 0.25) is 0 Å². The molecule has 3 nitrogen and oxygen atoms in total. The number of nitrogens with zero attached hydrogens (tertiary/aromatic N) is 1. The molecule has 2 rings (SSSR count). The van der Waals surface area contributed by atoms with Crippen LogP contribution in [0.4, 0.5) is 0 Å². The van der Waals surface area contributed by atoms with Gasteiger partial charge >= 0.3 is 0 Å². The average molecular weight is 210 g/mol. The molecule has 0 aliphatic heterocycles. The second kappa shape index (κ2) is 4.00. The molecular weight excluding hydrogens is 196 g/mol. The standard InChI is InChI=1S/C10H14N2OS/c1-12(7-9-3-2-6-13-9)10(14)11-8-4-5-8/h2-3,6,8H,4-5,7H2,1H3,(H,11,14). The lowest BCUT2D eigenvalue weighted by Gasteiger charge is -2.19. The van der Waals surface area contributed by atoms with Gasteiger partial charge in [-0.05, 0) is 37.2 Å². The van der Waals surface area contributed by atoms with Crippen molar-refractivity contribution in [3.63, 3.8) is 0 Å². The first-order chi connectivity index (χ1) is 6.75. The summed E-state index contributed by atoms with van der Waals surface area (Å²) < 4.78 is 5.25. The fourth-order valence-electron chi connectivity index (χ4n) is 1.22. The van der Waals surface area contributed by atoms with E-state index in [9.17, 15) is 0 Å². The van der Waals surface area contributed by atoms with Crippen LogP contribution in [0, 0.1) is 0 Å².